The van der Waals surface area contributed by atoms with E-state index in [4.69, 9.17) is 9.47 Å². The molecule has 1 aliphatic carbocycles. The van der Waals surface area contributed by atoms with Gasteiger partial charge in [-0.15, -0.1) is 0 Å². The lowest BCUT2D eigenvalue weighted by Crippen LogP contribution is -2.48. The minimum Gasteiger partial charge on any atom is -0.497 e. The van der Waals surface area contributed by atoms with Gasteiger partial charge in [-0.05, 0) is 60.9 Å². The lowest BCUT2D eigenvalue weighted by molar-refractivity contribution is -0.137. The molecule has 4 rings (SSSR count). The van der Waals surface area contributed by atoms with E-state index in [0.29, 0.717) is 19.3 Å². The maximum atomic E-state index is 13.3. The van der Waals surface area contributed by atoms with Crippen molar-refractivity contribution >= 4 is 5.91 Å². The van der Waals surface area contributed by atoms with Crippen LogP contribution in [-0.2, 0) is 16.0 Å². The first kappa shape index (κ1) is 20.0. The molecule has 2 aliphatic rings. The smallest absolute Gasteiger partial charge is 0.226 e. The molecule has 1 saturated heterocycles. The molecule has 1 N–H and O–H groups in total. The van der Waals surface area contributed by atoms with Gasteiger partial charge in [0, 0.05) is 19.3 Å². The van der Waals surface area contributed by atoms with E-state index in [0.717, 1.165) is 43.4 Å². The topological polar surface area (TPSA) is 47.6 Å². The number of carbonyl (C=O) groups is 1. The van der Waals surface area contributed by atoms with Crippen LogP contribution in [0.4, 0.5) is 0 Å². The first-order chi connectivity index (χ1) is 14.2. The van der Waals surface area contributed by atoms with Gasteiger partial charge in [0.25, 0.3) is 0 Å². The quantitative estimate of drug-likeness (QED) is 0.770. The molecule has 1 heterocycles. The number of rotatable bonds is 6. The zero-order chi connectivity index (χ0) is 20.1. The van der Waals surface area contributed by atoms with E-state index in [1.165, 1.54) is 24.0 Å². The molecule has 29 heavy (non-hydrogen) atoms. The van der Waals surface area contributed by atoms with Gasteiger partial charge in [-0.1, -0.05) is 49.2 Å². The Morgan fingerprint density at radius 1 is 1.07 bits per heavy atom. The Morgan fingerprint density at radius 3 is 2.48 bits per heavy atom. The van der Waals surface area contributed by atoms with Gasteiger partial charge >= 0.3 is 0 Å². The monoisotopic (exact) mass is 393 g/mol. The normalized spacial score (nSPS) is 19.1. The van der Waals surface area contributed by atoms with Crippen LogP contribution < -0.4 is 10.1 Å². The van der Waals surface area contributed by atoms with Crippen molar-refractivity contribution in [2.45, 2.75) is 51.0 Å². The van der Waals surface area contributed by atoms with Gasteiger partial charge in [-0.25, -0.2) is 0 Å². The number of amides is 1. The van der Waals surface area contributed by atoms with E-state index in [2.05, 4.69) is 41.7 Å². The van der Waals surface area contributed by atoms with Crippen molar-refractivity contribution in [2.75, 3.05) is 20.3 Å². The standard InChI is InChI=1S/C25H31NO3/c1-28-23-11-9-20(10-12-23)21-6-4-5-19(17-21)18-25(13-15-29-16-14-25)24(27)26-22-7-2-3-8-22/h4-6,9-12,17,22H,2-3,7-8,13-16,18H2,1H3,(H,26,27). The zero-order valence-corrected chi connectivity index (χ0v) is 17.3. The van der Waals surface area contributed by atoms with Crippen LogP contribution in [0.2, 0.25) is 0 Å². The molecule has 1 aliphatic heterocycles. The molecule has 1 amide bonds. The van der Waals surface area contributed by atoms with Gasteiger partial charge < -0.3 is 14.8 Å². The number of hydrogen-bond acceptors (Lipinski definition) is 3. The number of methoxy groups -OCH3 is 1. The Morgan fingerprint density at radius 2 is 1.79 bits per heavy atom. The number of benzene rings is 2. The Balaban J connectivity index is 1.54. The molecule has 0 unspecified atom stereocenters. The van der Waals surface area contributed by atoms with Crippen molar-refractivity contribution in [3.05, 3.63) is 54.1 Å². The van der Waals surface area contributed by atoms with Crippen LogP contribution in [0.3, 0.4) is 0 Å². The lowest BCUT2D eigenvalue weighted by atomic mass is 9.74. The van der Waals surface area contributed by atoms with Crippen molar-refractivity contribution in [1.82, 2.24) is 5.32 Å². The molecule has 4 nitrogen and oxygen atoms in total. The molecule has 0 atom stereocenters. The van der Waals surface area contributed by atoms with E-state index in [1.807, 2.05) is 12.1 Å². The van der Waals surface area contributed by atoms with E-state index < -0.39 is 0 Å². The third-order valence-electron chi connectivity index (χ3n) is 6.51. The first-order valence-corrected chi connectivity index (χ1v) is 10.8. The van der Waals surface area contributed by atoms with E-state index in [1.54, 1.807) is 7.11 Å². The molecular weight excluding hydrogens is 362 g/mol. The summed E-state index contributed by atoms with van der Waals surface area (Å²) >= 11 is 0. The van der Waals surface area contributed by atoms with Gasteiger partial charge in [0.05, 0.1) is 12.5 Å². The average molecular weight is 394 g/mol. The molecule has 0 bridgehead atoms. The molecule has 154 valence electrons. The Bertz CT molecular complexity index is 818. The Kier molecular flexibility index (Phi) is 6.19. The fourth-order valence-electron chi connectivity index (χ4n) is 4.69. The fourth-order valence-corrected chi connectivity index (χ4v) is 4.69. The van der Waals surface area contributed by atoms with Crippen LogP contribution in [0.5, 0.6) is 5.75 Å². The number of nitrogens with one attached hydrogen (secondary N) is 1. The highest BCUT2D eigenvalue weighted by molar-refractivity contribution is 5.83. The predicted molar refractivity (Wildman–Crippen MR) is 115 cm³/mol. The van der Waals surface area contributed by atoms with Gasteiger partial charge in [0.1, 0.15) is 5.75 Å². The average Bonchev–Trinajstić information content (AvgIpc) is 3.28. The van der Waals surface area contributed by atoms with E-state index in [-0.39, 0.29) is 11.3 Å². The molecule has 2 aromatic carbocycles. The van der Waals surface area contributed by atoms with Crippen LogP contribution in [0.25, 0.3) is 11.1 Å². The molecule has 2 aromatic rings. The second-order valence-electron chi connectivity index (χ2n) is 8.45. The Hall–Kier alpha value is -2.33. The largest absolute Gasteiger partial charge is 0.497 e. The van der Waals surface area contributed by atoms with Crippen LogP contribution in [0.1, 0.15) is 44.1 Å². The minimum absolute atomic E-state index is 0.225. The summed E-state index contributed by atoms with van der Waals surface area (Å²) in [5, 5.41) is 3.36. The summed E-state index contributed by atoms with van der Waals surface area (Å²) in [5.74, 6) is 1.08. The number of carbonyl (C=O) groups excluding carboxylic acids is 1. The van der Waals surface area contributed by atoms with Crippen molar-refractivity contribution in [3.8, 4) is 16.9 Å². The third kappa shape index (κ3) is 4.64. The van der Waals surface area contributed by atoms with Crippen molar-refractivity contribution in [3.63, 3.8) is 0 Å². The maximum Gasteiger partial charge on any atom is 0.226 e. The highest BCUT2D eigenvalue weighted by Crippen LogP contribution is 2.36. The SMILES string of the molecule is COc1ccc(-c2cccc(CC3(C(=O)NC4CCCC4)CCOCC3)c2)cc1. The van der Waals surface area contributed by atoms with Gasteiger partial charge in [0.15, 0.2) is 0 Å². The summed E-state index contributed by atoms with van der Waals surface area (Å²) in [6, 6.07) is 17.1. The summed E-state index contributed by atoms with van der Waals surface area (Å²) in [5.41, 5.74) is 3.17. The van der Waals surface area contributed by atoms with Crippen molar-refractivity contribution in [2.24, 2.45) is 5.41 Å². The Labute approximate surface area is 173 Å². The summed E-state index contributed by atoms with van der Waals surface area (Å²) in [7, 11) is 1.68. The van der Waals surface area contributed by atoms with Crippen LogP contribution in [0, 0.1) is 5.41 Å². The summed E-state index contributed by atoms with van der Waals surface area (Å²) in [4.78, 5) is 13.3. The number of ether oxygens (including phenoxy) is 2. The summed E-state index contributed by atoms with van der Waals surface area (Å²) < 4.78 is 10.9. The molecule has 2 fully saturated rings. The lowest BCUT2D eigenvalue weighted by Gasteiger charge is -2.37. The molecule has 1 saturated carbocycles. The van der Waals surface area contributed by atoms with E-state index >= 15 is 0 Å². The minimum atomic E-state index is -0.362. The predicted octanol–water partition coefficient (Wildman–Crippen LogP) is 4.76. The second-order valence-corrected chi connectivity index (χ2v) is 8.45. The van der Waals surface area contributed by atoms with E-state index in [9.17, 15) is 4.79 Å². The highest BCUT2D eigenvalue weighted by atomic mass is 16.5. The van der Waals surface area contributed by atoms with Crippen molar-refractivity contribution < 1.29 is 14.3 Å². The molecule has 0 spiro atoms. The third-order valence-corrected chi connectivity index (χ3v) is 6.51. The summed E-state index contributed by atoms with van der Waals surface area (Å²) in [6.07, 6.45) is 7.03. The van der Waals surface area contributed by atoms with Crippen LogP contribution >= 0.6 is 0 Å². The second kappa shape index (κ2) is 9.00. The molecular formula is C25H31NO3. The first-order valence-electron chi connectivity index (χ1n) is 10.8. The summed E-state index contributed by atoms with van der Waals surface area (Å²) in [6.45, 7) is 1.33. The van der Waals surface area contributed by atoms with Gasteiger partial charge in [-0.3, -0.25) is 4.79 Å². The van der Waals surface area contributed by atoms with Gasteiger partial charge in [0.2, 0.25) is 5.91 Å². The highest BCUT2D eigenvalue weighted by Gasteiger charge is 2.41. The van der Waals surface area contributed by atoms with Gasteiger partial charge in [-0.2, -0.15) is 0 Å². The molecule has 0 radical (unpaired) electrons. The fraction of sp³-hybridized carbons (Fsp3) is 0.480. The number of hydrogen-bond donors (Lipinski definition) is 1. The molecule has 0 aromatic heterocycles. The molecule has 4 heteroatoms. The van der Waals surface area contributed by atoms with Crippen LogP contribution in [-0.4, -0.2) is 32.3 Å². The van der Waals surface area contributed by atoms with Crippen LogP contribution in [0.15, 0.2) is 48.5 Å². The zero-order valence-electron chi connectivity index (χ0n) is 17.3. The maximum absolute atomic E-state index is 13.3. The van der Waals surface area contributed by atoms with Crippen molar-refractivity contribution in [1.29, 1.82) is 0 Å².